The molecule has 4 rings (SSSR count). The number of nitrogens with zero attached hydrogens (tertiary/aromatic N) is 4. The average Bonchev–Trinajstić information content (AvgIpc) is 2.93. The predicted molar refractivity (Wildman–Crippen MR) is 95.3 cm³/mol. The molecule has 3 saturated heterocycles. The zero-order valence-corrected chi connectivity index (χ0v) is 15.9. The van der Waals surface area contributed by atoms with E-state index >= 15 is 0 Å². The fourth-order valence-electron chi connectivity index (χ4n) is 3.68. The number of aromatic nitrogens is 1. The number of pyridine rings is 1. The number of piperidine rings is 1. The number of fused-ring (bicyclic) bond motifs is 4. The molecule has 0 unspecified atom stereocenters. The summed E-state index contributed by atoms with van der Waals surface area (Å²) in [5.41, 5.74) is 1.53. The molecule has 8 heteroatoms. The van der Waals surface area contributed by atoms with Crippen molar-refractivity contribution in [1.82, 2.24) is 18.5 Å². The summed E-state index contributed by atoms with van der Waals surface area (Å²) in [4.78, 5) is 19.1. The lowest BCUT2D eigenvalue weighted by Gasteiger charge is -2.36. The van der Waals surface area contributed by atoms with E-state index in [2.05, 4.69) is 4.98 Å². The summed E-state index contributed by atoms with van der Waals surface area (Å²) in [7, 11) is -0.355. The van der Waals surface area contributed by atoms with E-state index in [1.54, 1.807) is 26.4 Å². The number of amides is 1. The van der Waals surface area contributed by atoms with Gasteiger partial charge in [-0.3, -0.25) is 9.78 Å². The highest BCUT2D eigenvalue weighted by molar-refractivity contribution is 7.86. The second-order valence-corrected chi connectivity index (χ2v) is 9.19. The first-order chi connectivity index (χ1) is 11.8. The van der Waals surface area contributed by atoms with Crippen LogP contribution >= 0.6 is 0 Å². The SMILES string of the molecule is CCc1cc(C(=O)N2C[C@H]3CC[C@@H]2CN(S(=O)(=O)N(C)C)C3)ccn1. The fourth-order valence-corrected chi connectivity index (χ4v) is 4.90. The van der Waals surface area contributed by atoms with Crippen molar-refractivity contribution in [2.45, 2.75) is 32.2 Å². The Morgan fingerprint density at radius 2 is 2.04 bits per heavy atom. The molecule has 0 aromatic carbocycles. The van der Waals surface area contributed by atoms with E-state index in [0.29, 0.717) is 25.2 Å². The van der Waals surface area contributed by atoms with Gasteiger partial charge in [-0.05, 0) is 37.3 Å². The average molecular weight is 366 g/mol. The van der Waals surface area contributed by atoms with Crippen LogP contribution in [0.2, 0.25) is 0 Å². The first kappa shape index (κ1) is 18.3. The van der Waals surface area contributed by atoms with Crippen LogP contribution in [0, 0.1) is 5.92 Å². The second kappa shape index (κ2) is 7.01. The van der Waals surface area contributed by atoms with Crippen molar-refractivity contribution in [2.24, 2.45) is 5.92 Å². The molecule has 0 aliphatic carbocycles. The smallest absolute Gasteiger partial charge is 0.281 e. The third kappa shape index (κ3) is 3.56. The molecule has 0 N–H and O–H groups in total. The lowest BCUT2D eigenvalue weighted by Crippen LogP contribution is -2.48. The van der Waals surface area contributed by atoms with Gasteiger partial charge in [0.15, 0.2) is 0 Å². The van der Waals surface area contributed by atoms with E-state index in [1.807, 2.05) is 17.9 Å². The Morgan fingerprint density at radius 3 is 2.72 bits per heavy atom. The molecule has 0 radical (unpaired) electrons. The number of hydrogen-bond acceptors (Lipinski definition) is 4. The maximum Gasteiger partial charge on any atom is 0.281 e. The third-order valence-electron chi connectivity index (χ3n) is 5.15. The molecule has 3 aliphatic rings. The molecule has 25 heavy (non-hydrogen) atoms. The maximum absolute atomic E-state index is 13.0. The van der Waals surface area contributed by atoms with Gasteiger partial charge in [-0.2, -0.15) is 17.0 Å². The molecule has 7 nitrogen and oxygen atoms in total. The summed E-state index contributed by atoms with van der Waals surface area (Å²) in [6.45, 7) is 3.48. The number of carbonyl (C=O) groups excluding carboxylic acids is 1. The normalized spacial score (nSPS) is 24.6. The summed E-state index contributed by atoms with van der Waals surface area (Å²) in [5.74, 6) is 0.167. The molecule has 1 aromatic heterocycles. The molecule has 2 bridgehead atoms. The Kier molecular flexibility index (Phi) is 5.13. The third-order valence-corrected chi connectivity index (χ3v) is 7.03. The largest absolute Gasteiger partial charge is 0.334 e. The van der Waals surface area contributed by atoms with E-state index in [0.717, 1.165) is 25.0 Å². The van der Waals surface area contributed by atoms with Crippen LogP contribution in [-0.2, 0) is 16.6 Å². The first-order valence-electron chi connectivity index (χ1n) is 8.76. The lowest BCUT2D eigenvalue weighted by molar-refractivity contribution is 0.0588. The highest BCUT2D eigenvalue weighted by Crippen LogP contribution is 2.30. The van der Waals surface area contributed by atoms with Gasteiger partial charge >= 0.3 is 0 Å². The lowest BCUT2D eigenvalue weighted by atomic mass is 9.94. The van der Waals surface area contributed by atoms with Crippen LogP contribution in [-0.4, -0.2) is 72.6 Å². The van der Waals surface area contributed by atoms with E-state index in [-0.39, 0.29) is 17.9 Å². The molecule has 1 amide bonds. The van der Waals surface area contributed by atoms with Crippen molar-refractivity contribution in [3.8, 4) is 0 Å². The molecular formula is C17H26N4O3S. The minimum atomic E-state index is -3.45. The Labute approximate surface area is 149 Å². The zero-order valence-electron chi connectivity index (χ0n) is 15.1. The topological polar surface area (TPSA) is 73.8 Å². The second-order valence-electron chi connectivity index (χ2n) is 7.05. The van der Waals surface area contributed by atoms with E-state index in [1.165, 1.54) is 8.61 Å². The van der Waals surface area contributed by atoms with E-state index < -0.39 is 10.2 Å². The van der Waals surface area contributed by atoms with Gasteiger partial charge in [-0.15, -0.1) is 0 Å². The van der Waals surface area contributed by atoms with Gasteiger partial charge in [0.1, 0.15) is 0 Å². The van der Waals surface area contributed by atoms with Gasteiger partial charge in [0.2, 0.25) is 0 Å². The van der Waals surface area contributed by atoms with Crippen LogP contribution in [0.15, 0.2) is 18.3 Å². The predicted octanol–water partition coefficient (Wildman–Crippen LogP) is 0.987. The zero-order chi connectivity index (χ0) is 18.2. The van der Waals surface area contributed by atoms with Gasteiger partial charge < -0.3 is 4.90 Å². The summed E-state index contributed by atoms with van der Waals surface area (Å²) in [5, 5.41) is 0. The maximum atomic E-state index is 13.0. The number of hydrogen-bond donors (Lipinski definition) is 0. The quantitative estimate of drug-likeness (QED) is 0.796. The molecule has 138 valence electrons. The van der Waals surface area contributed by atoms with E-state index in [4.69, 9.17) is 0 Å². The van der Waals surface area contributed by atoms with Crippen LogP contribution in [0.5, 0.6) is 0 Å². The molecule has 3 aliphatic heterocycles. The molecule has 0 saturated carbocycles. The molecular weight excluding hydrogens is 340 g/mol. The Balaban J connectivity index is 1.84. The molecule has 2 atom stereocenters. The van der Waals surface area contributed by atoms with Crippen molar-refractivity contribution >= 4 is 16.1 Å². The van der Waals surface area contributed by atoms with Crippen LogP contribution in [0.1, 0.15) is 35.8 Å². The van der Waals surface area contributed by atoms with Crippen molar-refractivity contribution in [1.29, 1.82) is 0 Å². The Bertz CT molecular complexity index is 750. The highest BCUT2D eigenvalue weighted by atomic mass is 32.2. The van der Waals surface area contributed by atoms with Crippen LogP contribution in [0.3, 0.4) is 0 Å². The van der Waals surface area contributed by atoms with Crippen LogP contribution in [0.4, 0.5) is 0 Å². The van der Waals surface area contributed by atoms with Crippen LogP contribution < -0.4 is 0 Å². The molecule has 0 spiro atoms. The van der Waals surface area contributed by atoms with Gasteiger partial charge in [0, 0.05) is 57.2 Å². The van der Waals surface area contributed by atoms with Crippen molar-refractivity contribution in [3.05, 3.63) is 29.6 Å². The molecule has 4 heterocycles. The standard InChI is InChI=1S/C17H26N4O3S/c1-4-15-9-14(7-8-18-15)17(22)21-11-13-5-6-16(21)12-20(10-13)25(23,24)19(2)3/h7-9,13,16H,4-6,10-12H2,1-3H3/t13-,16+/m0/s1. The van der Waals surface area contributed by atoms with E-state index in [9.17, 15) is 13.2 Å². The minimum Gasteiger partial charge on any atom is -0.334 e. The van der Waals surface area contributed by atoms with Gasteiger partial charge in [-0.25, -0.2) is 0 Å². The van der Waals surface area contributed by atoms with Crippen LogP contribution in [0.25, 0.3) is 0 Å². The van der Waals surface area contributed by atoms with Crippen molar-refractivity contribution in [3.63, 3.8) is 0 Å². The Hall–Kier alpha value is -1.51. The number of aryl methyl sites for hydroxylation is 1. The Morgan fingerprint density at radius 1 is 1.28 bits per heavy atom. The summed E-state index contributed by atoms with van der Waals surface area (Å²) in [6.07, 6.45) is 4.26. The summed E-state index contributed by atoms with van der Waals surface area (Å²) in [6, 6.07) is 3.52. The molecule has 3 fully saturated rings. The summed E-state index contributed by atoms with van der Waals surface area (Å²) < 4.78 is 27.8. The van der Waals surface area contributed by atoms with Crippen molar-refractivity contribution in [2.75, 3.05) is 33.7 Å². The minimum absolute atomic E-state index is 0.0177. The summed E-state index contributed by atoms with van der Waals surface area (Å²) >= 11 is 0. The number of carbonyl (C=O) groups is 1. The number of rotatable bonds is 4. The van der Waals surface area contributed by atoms with Crippen molar-refractivity contribution < 1.29 is 13.2 Å². The monoisotopic (exact) mass is 366 g/mol. The highest BCUT2D eigenvalue weighted by Gasteiger charge is 2.41. The van der Waals surface area contributed by atoms with Gasteiger partial charge in [-0.1, -0.05) is 6.92 Å². The first-order valence-corrected chi connectivity index (χ1v) is 10.2. The van der Waals surface area contributed by atoms with Gasteiger partial charge in [0.25, 0.3) is 16.1 Å². The molecule has 1 aromatic rings. The van der Waals surface area contributed by atoms with Gasteiger partial charge in [0.05, 0.1) is 0 Å². The fraction of sp³-hybridized carbons (Fsp3) is 0.647.